The molecular weight excluding hydrogens is 408 g/mol. The Morgan fingerprint density at radius 3 is 2.72 bits per heavy atom. The lowest BCUT2D eigenvalue weighted by Gasteiger charge is -2.23. The molecule has 0 spiro atoms. The normalized spacial score (nSPS) is 17.1. The van der Waals surface area contributed by atoms with Gasteiger partial charge in [-0.05, 0) is 36.1 Å². The second-order valence-corrected chi connectivity index (χ2v) is 9.15. The van der Waals surface area contributed by atoms with Crippen molar-refractivity contribution >= 4 is 49.7 Å². The molecule has 1 amide bonds. The average Bonchev–Trinajstić information content (AvgIpc) is 3.39. The number of aromatic nitrogens is 1. The number of ether oxygens (including phenoxy) is 1. The fourth-order valence-corrected chi connectivity index (χ4v) is 5.28. The molecule has 1 atom stereocenters. The third-order valence-electron chi connectivity index (χ3n) is 4.91. The Labute approximate surface area is 176 Å². The summed E-state index contributed by atoms with van der Waals surface area (Å²) in [5.41, 5.74) is 1.82. The van der Waals surface area contributed by atoms with E-state index in [0.29, 0.717) is 5.13 Å². The van der Waals surface area contributed by atoms with E-state index in [2.05, 4.69) is 4.98 Å². The van der Waals surface area contributed by atoms with E-state index in [4.69, 9.17) is 4.74 Å². The van der Waals surface area contributed by atoms with Crippen LogP contribution in [0, 0.1) is 12.8 Å². The summed E-state index contributed by atoms with van der Waals surface area (Å²) in [6.07, 6.45) is 0. The second-order valence-electron chi connectivity index (χ2n) is 7.16. The van der Waals surface area contributed by atoms with Crippen LogP contribution in [-0.4, -0.2) is 28.9 Å². The summed E-state index contributed by atoms with van der Waals surface area (Å²) in [4.78, 5) is 32.8. The first-order valence-electron chi connectivity index (χ1n) is 9.13. The van der Waals surface area contributed by atoms with Crippen LogP contribution in [0.25, 0.3) is 10.2 Å². The van der Waals surface area contributed by atoms with Gasteiger partial charge in [-0.25, -0.2) is 4.98 Å². The Balaban J connectivity index is 1.87. The summed E-state index contributed by atoms with van der Waals surface area (Å²) in [6.45, 7) is 5.45. The standard InChI is InChI=1S/C21H20N2O4S2/c1-10(2)18(24)16-17(14-6-5-7-28-14)23(20(26)19(16)25)21-22-12-8-11(3)13(27-4)9-15(12)29-21/h5-10,17,25H,1-4H3. The van der Waals surface area contributed by atoms with Gasteiger partial charge < -0.3 is 9.84 Å². The topological polar surface area (TPSA) is 79.7 Å². The molecule has 1 aliphatic heterocycles. The fraction of sp³-hybridized carbons (Fsp3) is 0.286. The van der Waals surface area contributed by atoms with Gasteiger partial charge in [0.25, 0.3) is 5.91 Å². The molecule has 0 saturated carbocycles. The summed E-state index contributed by atoms with van der Waals surface area (Å²) in [5, 5.41) is 12.9. The zero-order chi connectivity index (χ0) is 20.9. The van der Waals surface area contributed by atoms with E-state index >= 15 is 0 Å². The molecule has 3 aromatic rings. The third-order valence-corrected chi connectivity index (χ3v) is 6.85. The number of ketones is 1. The number of hydrogen-bond acceptors (Lipinski definition) is 7. The number of nitrogens with zero attached hydrogens (tertiary/aromatic N) is 2. The predicted octanol–water partition coefficient (Wildman–Crippen LogP) is 4.80. The number of benzene rings is 1. The highest BCUT2D eigenvalue weighted by atomic mass is 32.1. The van der Waals surface area contributed by atoms with E-state index < -0.39 is 17.7 Å². The molecule has 1 aromatic carbocycles. The van der Waals surface area contributed by atoms with Crippen LogP contribution in [0.5, 0.6) is 5.75 Å². The van der Waals surface area contributed by atoms with E-state index in [1.165, 1.54) is 27.6 Å². The summed E-state index contributed by atoms with van der Waals surface area (Å²) in [5.74, 6) is -0.933. The number of amides is 1. The summed E-state index contributed by atoms with van der Waals surface area (Å²) >= 11 is 2.77. The van der Waals surface area contributed by atoms with Crippen LogP contribution in [0.1, 0.15) is 30.3 Å². The van der Waals surface area contributed by atoms with Gasteiger partial charge in [-0.2, -0.15) is 0 Å². The van der Waals surface area contributed by atoms with Gasteiger partial charge in [-0.15, -0.1) is 11.3 Å². The summed E-state index contributed by atoms with van der Waals surface area (Å²) in [7, 11) is 1.61. The predicted molar refractivity (Wildman–Crippen MR) is 115 cm³/mol. The lowest BCUT2D eigenvalue weighted by Crippen LogP contribution is -2.30. The number of hydrogen-bond donors (Lipinski definition) is 1. The van der Waals surface area contributed by atoms with Crippen molar-refractivity contribution in [1.82, 2.24) is 4.98 Å². The van der Waals surface area contributed by atoms with Gasteiger partial charge in [-0.3, -0.25) is 14.5 Å². The van der Waals surface area contributed by atoms with Crippen molar-refractivity contribution in [2.75, 3.05) is 12.0 Å². The van der Waals surface area contributed by atoms with Crippen molar-refractivity contribution in [3.05, 3.63) is 51.4 Å². The molecule has 6 nitrogen and oxygen atoms in total. The number of aliphatic hydroxyl groups excluding tert-OH is 1. The molecule has 1 aliphatic rings. The highest BCUT2D eigenvalue weighted by molar-refractivity contribution is 7.22. The van der Waals surface area contributed by atoms with E-state index in [9.17, 15) is 14.7 Å². The van der Waals surface area contributed by atoms with Crippen molar-refractivity contribution in [1.29, 1.82) is 0 Å². The highest BCUT2D eigenvalue weighted by Crippen LogP contribution is 2.45. The fourth-order valence-electron chi connectivity index (χ4n) is 3.45. The van der Waals surface area contributed by atoms with Gasteiger partial charge in [0.15, 0.2) is 16.7 Å². The molecule has 29 heavy (non-hydrogen) atoms. The Morgan fingerprint density at radius 2 is 2.10 bits per heavy atom. The van der Waals surface area contributed by atoms with Crippen molar-refractivity contribution in [2.24, 2.45) is 5.92 Å². The number of aliphatic hydroxyl groups is 1. The largest absolute Gasteiger partial charge is 0.503 e. The Kier molecular flexibility index (Phi) is 4.92. The van der Waals surface area contributed by atoms with Gasteiger partial charge in [0.2, 0.25) is 0 Å². The van der Waals surface area contributed by atoms with E-state index in [-0.39, 0.29) is 17.3 Å². The number of anilines is 1. The van der Waals surface area contributed by atoms with Crippen molar-refractivity contribution in [3.63, 3.8) is 0 Å². The molecule has 0 radical (unpaired) electrons. The molecule has 0 saturated heterocycles. The minimum Gasteiger partial charge on any atom is -0.503 e. The maximum absolute atomic E-state index is 13.0. The van der Waals surface area contributed by atoms with Crippen LogP contribution >= 0.6 is 22.7 Å². The molecular formula is C21H20N2O4S2. The molecule has 4 rings (SSSR count). The second kappa shape index (κ2) is 7.27. The van der Waals surface area contributed by atoms with Crippen LogP contribution in [0.3, 0.4) is 0 Å². The average molecular weight is 429 g/mol. The minimum absolute atomic E-state index is 0.139. The zero-order valence-corrected chi connectivity index (χ0v) is 18.1. The van der Waals surface area contributed by atoms with Crippen LogP contribution in [0.4, 0.5) is 5.13 Å². The molecule has 3 heterocycles. The third kappa shape index (κ3) is 3.12. The number of rotatable bonds is 5. The Bertz CT molecular complexity index is 1150. The number of thiazole rings is 1. The summed E-state index contributed by atoms with van der Waals surface area (Å²) < 4.78 is 6.25. The number of carbonyl (C=O) groups is 2. The molecule has 0 fully saturated rings. The Morgan fingerprint density at radius 1 is 1.34 bits per heavy atom. The van der Waals surface area contributed by atoms with E-state index in [1.807, 2.05) is 36.6 Å². The Hall–Kier alpha value is -2.71. The highest BCUT2D eigenvalue weighted by Gasteiger charge is 2.46. The maximum atomic E-state index is 13.0. The van der Waals surface area contributed by atoms with Gasteiger partial charge >= 0.3 is 0 Å². The zero-order valence-electron chi connectivity index (χ0n) is 16.4. The van der Waals surface area contributed by atoms with Crippen molar-refractivity contribution in [2.45, 2.75) is 26.8 Å². The van der Waals surface area contributed by atoms with Crippen molar-refractivity contribution in [3.8, 4) is 5.75 Å². The SMILES string of the molecule is COc1cc2sc(N3C(=O)C(O)=C(C(=O)C(C)C)C3c3cccs3)nc2cc1C. The minimum atomic E-state index is -0.680. The van der Waals surface area contributed by atoms with Gasteiger partial charge in [-0.1, -0.05) is 31.3 Å². The number of fused-ring (bicyclic) bond motifs is 1. The van der Waals surface area contributed by atoms with Crippen LogP contribution in [0.2, 0.25) is 0 Å². The lowest BCUT2D eigenvalue weighted by atomic mass is 9.95. The molecule has 0 aliphatic carbocycles. The maximum Gasteiger partial charge on any atom is 0.296 e. The van der Waals surface area contributed by atoms with Gasteiger partial charge in [0, 0.05) is 10.8 Å². The molecule has 150 valence electrons. The quantitative estimate of drug-likeness (QED) is 0.631. The molecule has 0 bridgehead atoms. The first-order chi connectivity index (χ1) is 13.8. The van der Waals surface area contributed by atoms with Crippen LogP contribution in [0.15, 0.2) is 41.0 Å². The van der Waals surface area contributed by atoms with Crippen molar-refractivity contribution < 1.29 is 19.4 Å². The first kappa shape index (κ1) is 19.6. The van der Waals surface area contributed by atoms with Gasteiger partial charge in [0.05, 0.1) is 22.9 Å². The monoisotopic (exact) mass is 428 g/mol. The van der Waals surface area contributed by atoms with Crippen LogP contribution < -0.4 is 9.64 Å². The van der Waals surface area contributed by atoms with Gasteiger partial charge in [0.1, 0.15) is 11.8 Å². The summed E-state index contributed by atoms with van der Waals surface area (Å²) in [6, 6.07) is 6.84. The number of Topliss-reactive ketones (excluding diaryl/α,β-unsaturated/α-hetero) is 1. The molecule has 1 N–H and O–H groups in total. The smallest absolute Gasteiger partial charge is 0.296 e. The molecule has 8 heteroatoms. The molecule has 2 aromatic heterocycles. The first-order valence-corrected chi connectivity index (χ1v) is 10.8. The van der Waals surface area contributed by atoms with E-state index in [1.54, 1.807) is 21.0 Å². The number of thiophene rings is 1. The number of carbonyl (C=O) groups excluding carboxylic acids is 2. The molecule has 1 unspecified atom stereocenters. The number of aryl methyl sites for hydroxylation is 1. The lowest BCUT2D eigenvalue weighted by molar-refractivity contribution is -0.119. The van der Waals surface area contributed by atoms with E-state index in [0.717, 1.165) is 26.4 Å². The number of methoxy groups -OCH3 is 1. The van der Waals surface area contributed by atoms with Crippen LogP contribution in [-0.2, 0) is 9.59 Å².